The number of para-hydroxylation sites is 1. The van der Waals surface area contributed by atoms with E-state index >= 15 is 0 Å². The highest BCUT2D eigenvalue weighted by Gasteiger charge is 2.22. The molecule has 0 saturated carbocycles. The molecule has 2 aromatic rings. The van der Waals surface area contributed by atoms with Crippen molar-refractivity contribution in [2.45, 2.75) is 37.8 Å². The first-order valence-corrected chi connectivity index (χ1v) is 10.3. The molecule has 1 atom stereocenters. The van der Waals surface area contributed by atoms with Gasteiger partial charge in [0.25, 0.3) is 0 Å². The van der Waals surface area contributed by atoms with Gasteiger partial charge in [0.1, 0.15) is 5.75 Å². The Bertz CT molecular complexity index is 784. The third-order valence-corrected chi connectivity index (χ3v) is 5.75. The van der Waals surface area contributed by atoms with Crippen LogP contribution in [0.1, 0.15) is 36.3 Å². The highest BCUT2D eigenvalue weighted by Crippen LogP contribution is 2.33. The standard InChI is InChI=1S/C23H30N4O/c24-23(25-16-19-12-15-28-22-9-5-4-8-21(19)22)26-20-10-13-27(14-11-20)17-18-6-2-1-3-7-18/h1-9,19-20H,10-17H2,(H3,24,25,26). The lowest BCUT2D eigenvalue weighted by atomic mass is 9.93. The minimum Gasteiger partial charge on any atom is -0.493 e. The lowest BCUT2D eigenvalue weighted by molar-refractivity contribution is 0.199. The summed E-state index contributed by atoms with van der Waals surface area (Å²) in [4.78, 5) is 7.16. The number of nitrogens with zero attached hydrogens (tertiary/aromatic N) is 2. The van der Waals surface area contributed by atoms with Gasteiger partial charge in [0.15, 0.2) is 5.96 Å². The van der Waals surface area contributed by atoms with Crippen LogP contribution in [0.25, 0.3) is 0 Å². The topological polar surface area (TPSA) is 62.9 Å². The van der Waals surface area contributed by atoms with Gasteiger partial charge in [-0.3, -0.25) is 9.89 Å². The van der Waals surface area contributed by atoms with Gasteiger partial charge in [-0.2, -0.15) is 0 Å². The number of benzene rings is 2. The molecule has 1 fully saturated rings. The number of hydrogen-bond acceptors (Lipinski definition) is 3. The van der Waals surface area contributed by atoms with Crippen molar-refractivity contribution < 1.29 is 4.74 Å². The van der Waals surface area contributed by atoms with E-state index in [9.17, 15) is 0 Å². The molecule has 3 N–H and O–H groups in total. The van der Waals surface area contributed by atoms with Crippen LogP contribution in [0, 0.1) is 0 Å². The number of fused-ring (bicyclic) bond motifs is 1. The quantitative estimate of drug-likeness (QED) is 0.620. The first kappa shape index (κ1) is 18.8. The molecule has 0 aromatic heterocycles. The molecule has 0 amide bonds. The minimum atomic E-state index is 0.387. The van der Waals surface area contributed by atoms with Crippen molar-refractivity contribution in [3.63, 3.8) is 0 Å². The second kappa shape index (κ2) is 9.11. The lowest BCUT2D eigenvalue weighted by Gasteiger charge is -2.32. The van der Waals surface area contributed by atoms with Crippen LogP contribution in [0.4, 0.5) is 0 Å². The van der Waals surface area contributed by atoms with Gasteiger partial charge in [-0.05, 0) is 36.5 Å². The van der Waals surface area contributed by atoms with Crippen LogP contribution in [0.3, 0.4) is 0 Å². The Hall–Kier alpha value is -2.53. The molecule has 1 saturated heterocycles. The summed E-state index contributed by atoms with van der Waals surface area (Å²) in [7, 11) is 0. The second-order valence-corrected chi connectivity index (χ2v) is 7.78. The van der Waals surface area contributed by atoms with Crippen molar-refractivity contribution in [2.24, 2.45) is 10.7 Å². The van der Waals surface area contributed by atoms with Crippen LogP contribution in [-0.2, 0) is 6.54 Å². The zero-order chi connectivity index (χ0) is 19.2. The van der Waals surface area contributed by atoms with Gasteiger partial charge in [0.05, 0.1) is 6.61 Å². The summed E-state index contributed by atoms with van der Waals surface area (Å²) < 4.78 is 5.73. The van der Waals surface area contributed by atoms with Crippen molar-refractivity contribution in [3.8, 4) is 5.75 Å². The Morgan fingerprint density at radius 2 is 1.79 bits per heavy atom. The molecule has 148 valence electrons. The van der Waals surface area contributed by atoms with Crippen LogP contribution < -0.4 is 15.8 Å². The minimum absolute atomic E-state index is 0.387. The fourth-order valence-electron chi connectivity index (χ4n) is 4.15. The Morgan fingerprint density at radius 1 is 1.04 bits per heavy atom. The number of aliphatic imine (C=N–C) groups is 1. The first-order valence-electron chi connectivity index (χ1n) is 10.3. The smallest absolute Gasteiger partial charge is 0.188 e. The first-order chi connectivity index (χ1) is 13.8. The zero-order valence-electron chi connectivity index (χ0n) is 16.4. The van der Waals surface area contributed by atoms with Crippen LogP contribution in [0.2, 0.25) is 0 Å². The van der Waals surface area contributed by atoms with Gasteiger partial charge in [0.2, 0.25) is 0 Å². The van der Waals surface area contributed by atoms with E-state index in [0.29, 0.717) is 24.5 Å². The Kier molecular flexibility index (Phi) is 6.12. The van der Waals surface area contributed by atoms with Crippen LogP contribution >= 0.6 is 0 Å². The summed E-state index contributed by atoms with van der Waals surface area (Å²) >= 11 is 0. The SMILES string of the molecule is NC(=NCC1CCOc2ccccc21)NC1CCN(Cc2ccccc2)CC1. The van der Waals surface area contributed by atoms with E-state index in [1.165, 1.54) is 11.1 Å². The van der Waals surface area contributed by atoms with E-state index < -0.39 is 0 Å². The largest absolute Gasteiger partial charge is 0.493 e. The highest BCUT2D eigenvalue weighted by atomic mass is 16.5. The lowest BCUT2D eigenvalue weighted by Crippen LogP contribution is -2.47. The monoisotopic (exact) mass is 378 g/mol. The number of nitrogens with one attached hydrogen (secondary N) is 1. The number of ether oxygens (including phenoxy) is 1. The van der Waals surface area contributed by atoms with Crippen molar-refractivity contribution >= 4 is 5.96 Å². The summed E-state index contributed by atoms with van der Waals surface area (Å²) in [5, 5.41) is 3.44. The molecule has 0 radical (unpaired) electrons. The number of piperidine rings is 1. The Balaban J connectivity index is 1.24. The molecule has 28 heavy (non-hydrogen) atoms. The normalized spacial score (nSPS) is 21.0. The number of rotatable bonds is 5. The molecule has 1 unspecified atom stereocenters. The molecule has 2 aromatic carbocycles. The second-order valence-electron chi connectivity index (χ2n) is 7.78. The van der Waals surface area contributed by atoms with Gasteiger partial charge in [-0.1, -0.05) is 48.5 Å². The maximum atomic E-state index is 6.19. The predicted molar refractivity (Wildman–Crippen MR) is 114 cm³/mol. The molecule has 0 spiro atoms. The summed E-state index contributed by atoms with van der Waals surface area (Å²) in [5.41, 5.74) is 8.82. The fourth-order valence-corrected chi connectivity index (χ4v) is 4.15. The van der Waals surface area contributed by atoms with Crippen LogP contribution in [0.5, 0.6) is 5.75 Å². The van der Waals surface area contributed by atoms with Crippen molar-refractivity contribution in [3.05, 3.63) is 65.7 Å². The Labute approximate surface area is 167 Å². The summed E-state index contributed by atoms with van der Waals surface area (Å²) in [6.45, 7) is 4.68. The molecule has 0 bridgehead atoms. The van der Waals surface area contributed by atoms with Gasteiger partial charge in [0, 0.05) is 38.1 Å². The molecule has 2 aliphatic rings. The molecule has 5 heteroatoms. The van der Waals surface area contributed by atoms with Crippen molar-refractivity contribution in [2.75, 3.05) is 26.2 Å². The molecular weight excluding hydrogens is 348 g/mol. The highest BCUT2D eigenvalue weighted by molar-refractivity contribution is 5.78. The van der Waals surface area contributed by atoms with E-state index in [0.717, 1.165) is 51.3 Å². The molecule has 2 aliphatic heterocycles. The molecule has 4 rings (SSSR count). The average Bonchev–Trinajstić information content (AvgIpc) is 2.74. The summed E-state index contributed by atoms with van der Waals surface area (Å²) in [6.07, 6.45) is 3.19. The van der Waals surface area contributed by atoms with Crippen molar-refractivity contribution in [1.29, 1.82) is 0 Å². The maximum absolute atomic E-state index is 6.19. The van der Waals surface area contributed by atoms with E-state index in [4.69, 9.17) is 10.5 Å². The summed E-state index contributed by atoms with van der Waals surface area (Å²) in [5.74, 6) is 1.95. The van der Waals surface area contributed by atoms with E-state index in [2.05, 4.69) is 57.7 Å². The molecule has 2 heterocycles. The molecule has 5 nitrogen and oxygen atoms in total. The maximum Gasteiger partial charge on any atom is 0.188 e. The van der Waals surface area contributed by atoms with Gasteiger partial charge >= 0.3 is 0 Å². The predicted octanol–water partition coefficient (Wildman–Crippen LogP) is 3.12. The van der Waals surface area contributed by atoms with E-state index in [1.54, 1.807) is 0 Å². The number of nitrogens with two attached hydrogens (primary N) is 1. The Morgan fingerprint density at radius 3 is 2.61 bits per heavy atom. The number of guanidine groups is 1. The third kappa shape index (κ3) is 4.84. The zero-order valence-corrected chi connectivity index (χ0v) is 16.4. The van der Waals surface area contributed by atoms with Crippen LogP contribution in [0.15, 0.2) is 59.6 Å². The van der Waals surface area contributed by atoms with Gasteiger partial charge < -0.3 is 15.8 Å². The van der Waals surface area contributed by atoms with Crippen molar-refractivity contribution in [1.82, 2.24) is 10.2 Å². The molecule has 0 aliphatic carbocycles. The van der Waals surface area contributed by atoms with E-state index in [1.807, 2.05) is 12.1 Å². The van der Waals surface area contributed by atoms with Gasteiger partial charge in [-0.15, -0.1) is 0 Å². The summed E-state index contributed by atoms with van der Waals surface area (Å²) in [6, 6.07) is 19.4. The van der Waals surface area contributed by atoms with Crippen LogP contribution in [-0.4, -0.2) is 43.1 Å². The van der Waals surface area contributed by atoms with Gasteiger partial charge in [-0.25, -0.2) is 0 Å². The van der Waals surface area contributed by atoms with E-state index in [-0.39, 0.29) is 0 Å². The number of likely N-dealkylation sites (tertiary alicyclic amines) is 1. The fraction of sp³-hybridized carbons (Fsp3) is 0.435. The average molecular weight is 379 g/mol. The molecular formula is C23H30N4O. The number of hydrogen-bond donors (Lipinski definition) is 2. The third-order valence-electron chi connectivity index (χ3n) is 5.75.